The third-order valence-corrected chi connectivity index (χ3v) is 4.39. The van der Waals surface area contributed by atoms with Crippen LogP contribution in [0, 0.1) is 0 Å². The average molecular weight is 367 g/mol. The second-order valence-corrected chi connectivity index (χ2v) is 6.24. The first-order valence-corrected chi connectivity index (χ1v) is 7.87. The van der Waals surface area contributed by atoms with Crippen molar-refractivity contribution >= 4 is 37.6 Å². The second-order valence-electron chi connectivity index (χ2n) is 3.65. The number of hydrogen-bond acceptors (Lipinski definition) is 6. The van der Waals surface area contributed by atoms with Crippen molar-refractivity contribution in [2.75, 3.05) is 26.0 Å². The van der Waals surface area contributed by atoms with Gasteiger partial charge in [-0.3, -0.25) is 4.79 Å². The summed E-state index contributed by atoms with van der Waals surface area (Å²) < 4.78 is 36.5. The lowest BCUT2D eigenvalue weighted by atomic mass is 10.3. The molecule has 3 N–H and O–H groups in total. The normalized spacial score (nSPS) is 11.2. The highest BCUT2D eigenvalue weighted by atomic mass is 79.9. The molecule has 0 radical (unpaired) electrons. The molecule has 7 nitrogen and oxygen atoms in total. The van der Waals surface area contributed by atoms with Crippen LogP contribution < -0.4 is 15.2 Å². The number of sulfonamides is 1. The summed E-state index contributed by atoms with van der Waals surface area (Å²) >= 11 is 3.18. The number of esters is 1. The van der Waals surface area contributed by atoms with Crippen LogP contribution in [0.15, 0.2) is 21.5 Å². The second kappa shape index (κ2) is 6.91. The maximum atomic E-state index is 12.1. The van der Waals surface area contributed by atoms with Crippen LogP contribution >= 0.6 is 15.9 Å². The molecule has 9 heteroatoms. The molecule has 0 aliphatic heterocycles. The minimum Gasteiger partial charge on any atom is -0.495 e. The van der Waals surface area contributed by atoms with Gasteiger partial charge in [0.2, 0.25) is 10.0 Å². The third kappa shape index (κ3) is 4.09. The topological polar surface area (TPSA) is 108 Å². The maximum absolute atomic E-state index is 12.1. The molecule has 0 aliphatic carbocycles. The van der Waals surface area contributed by atoms with Gasteiger partial charge in [-0.2, -0.15) is 4.72 Å². The summed E-state index contributed by atoms with van der Waals surface area (Å²) in [5.41, 5.74) is 5.90. The van der Waals surface area contributed by atoms with Gasteiger partial charge >= 0.3 is 5.97 Å². The molecule has 1 aromatic rings. The van der Waals surface area contributed by atoms with E-state index in [9.17, 15) is 13.2 Å². The standard InChI is InChI=1S/C11H15BrN2O5S/c1-3-19-11(15)6-14-20(16,17)10-5-8(13)7(12)4-9(10)18-2/h4-5,14H,3,6,13H2,1-2H3. The van der Waals surface area contributed by atoms with Crippen molar-refractivity contribution in [1.82, 2.24) is 4.72 Å². The Morgan fingerprint density at radius 3 is 2.65 bits per heavy atom. The molecule has 0 heterocycles. The van der Waals surface area contributed by atoms with Crippen LogP contribution in [-0.4, -0.2) is 34.6 Å². The summed E-state index contributed by atoms with van der Waals surface area (Å²) in [4.78, 5) is 11.0. The first kappa shape index (κ1) is 16.7. The van der Waals surface area contributed by atoms with E-state index in [1.54, 1.807) is 6.92 Å². The van der Waals surface area contributed by atoms with E-state index in [1.165, 1.54) is 19.2 Å². The number of benzene rings is 1. The third-order valence-electron chi connectivity index (χ3n) is 2.28. The molecule has 112 valence electrons. The van der Waals surface area contributed by atoms with Crippen LogP contribution in [-0.2, 0) is 19.6 Å². The van der Waals surface area contributed by atoms with E-state index in [4.69, 9.17) is 10.5 Å². The first-order chi connectivity index (χ1) is 9.31. The zero-order chi connectivity index (χ0) is 15.3. The van der Waals surface area contributed by atoms with E-state index < -0.39 is 22.5 Å². The number of nitrogens with one attached hydrogen (secondary N) is 1. The lowest BCUT2D eigenvalue weighted by Crippen LogP contribution is -2.31. The molecule has 1 aromatic carbocycles. The van der Waals surface area contributed by atoms with E-state index in [2.05, 4.69) is 25.4 Å². The van der Waals surface area contributed by atoms with Crippen molar-refractivity contribution in [1.29, 1.82) is 0 Å². The van der Waals surface area contributed by atoms with Crippen molar-refractivity contribution in [2.24, 2.45) is 0 Å². The molecule has 1 rings (SSSR count). The zero-order valence-corrected chi connectivity index (χ0v) is 13.4. The van der Waals surface area contributed by atoms with Gasteiger partial charge in [-0.25, -0.2) is 8.42 Å². The molecule has 0 saturated carbocycles. The molecule has 0 fully saturated rings. The Balaban J connectivity index is 3.03. The summed E-state index contributed by atoms with van der Waals surface area (Å²) in [6, 6.07) is 2.69. The number of halogens is 1. The fourth-order valence-electron chi connectivity index (χ4n) is 1.36. The Bertz CT molecular complexity index is 603. The number of rotatable bonds is 6. The Morgan fingerprint density at radius 1 is 1.45 bits per heavy atom. The monoisotopic (exact) mass is 366 g/mol. The number of anilines is 1. The van der Waals surface area contributed by atoms with Gasteiger partial charge < -0.3 is 15.2 Å². The predicted molar refractivity (Wildman–Crippen MR) is 76.9 cm³/mol. The summed E-state index contributed by atoms with van der Waals surface area (Å²) in [7, 11) is -2.60. The Hall–Kier alpha value is -1.32. The van der Waals surface area contributed by atoms with E-state index >= 15 is 0 Å². The first-order valence-electron chi connectivity index (χ1n) is 5.60. The summed E-state index contributed by atoms with van der Waals surface area (Å²) in [6.45, 7) is 1.34. The van der Waals surface area contributed by atoms with Crippen LogP contribution in [0.5, 0.6) is 5.75 Å². The fourth-order valence-corrected chi connectivity index (χ4v) is 2.84. The van der Waals surface area contributed by atoms with Gasteiger partial charge in [0, 0.05) is 10.2 Å². The van der Waals surface area contributed by atoms with Crippen LogP contribution in [0.25, 0.3) is 0 Å². The molecule has 0 aromatic heterocycles. The highest BCUT2D eigenvalue weighted by molar-refractivity contribution is 9.10. The molecule has 0 spiro atoms. The summed E-state index contributed by atoms with van der Waals surface area (Å²) in [5, 5.41) is 0. The number of methoxy groups -OCH3 is 1. The lowest BCUT2D eigenvalue weighted by Gasteiger charge is -2.12. The van der Waals surface area contributed by atoms with Crippen LogP contribution in [0.2, 0.25) is 0 Å². The molecule has 0 saturated heterocycles. The van der Waals surface area contributed by atoms with E-state index in [0.717, 1.165) is 0 Å². The van der Waals surface area contributed by atoms with Gasteiger partial charge in [-0.1, -0.05) is 0 Å². The Labute approximate surface area is 125 Å². The summed E-state index contributed by atoms with van der Waals surface area (Å²) in [5.74, 6) is -0.553. The Morgan fingerprint density at radius 2 is 2.10 bits per heavy atom. The largest absolute Gasteiger partial charge is 0.495 e. The quantitative estimate of drug-likeness (QED) is 0.571. The van der Waals surface area contributed by atoms with E-state index in [-0.39, 0.29) is 22.9 Å². The highest BCUT2D eigenvalue weighted by Crippen LogP contribution is 2.32. The van der Waals surface area contributed by atoms with E-state index in [0.29, 0.717) is 4.47 Å². The molecule has 0 unspecified atom stereocenters. The van der Waals surface area contributed by atoms with Crippen molar-refractivity contribution in [3.05, 3.63) is 16.6 Å². The van der Waals surface area contributed by atoms with Crippen molar-refractivity contribution < 1.29 is 22.7 Å². The predicted octanol–water partition coefficient (Wildman–Crippen LogP) is 0.881. The molecule has 0 aliphatic rings. The molecule has 0 amide bonds. The van der Waals surface area contributed by atoms with Crippen LogP contribution in [0.1, 0.15) is 6.92 Å². The highest BCUT2D eigenvalue weighted by Gasteiger charge is 2.22. The van der Waals surface area contributed by atoms with Gasteiger partial charge in [-0.05, 0) is 35.0 Å². The van der Waals surface area contributed by atoms with Crippen LogP contribution in [0.3, 0.4) is 0 Å². The number of hydrogen-bond donors (Lipinski definition) is 2. The zero-order valence-electron chi connectivity index (χ0n) is 11.0. The smallest absolute Gasteiger partial charge is 0.321 e. The SMILES string of the molecule is CCOC(=O)CNS(=O)(=O)c1cc(N)c(Br)cc1OC. The number of ether oxygens (including phenoxy) is 2. The van der Waals surface area contributed by atoms with Crippen LogP contribution in [0.4, 0.5) is 5.69 Å². The average Bonchev–Trinajstić information content (AvgIpc) is 2.39. The van der Waals surface area contributed by atoms with Gasteiger partial charge in [0.1, 0.15) is 17.2 Å². The Kier molecular flexibility index (Phi) is 5.78. The summed E-state index contributed by atoms with van der Waals surface area (Å²) in [6.07, 6.45) is 0. The van der Waals surface area contributed by atoms with Crippen molar-refractivity contribution in [2.45, 2.75) is 11.8 Å². The molecule has 0 atom stereocenters. The maximum Gasteiger partial charge on any atom is 0.321 e. The van der Waals surface area contributed by atoms with Crippen molar-refractivity contribution in [3.8, 4) is 5.75 Å². The number of nitrogens with two attached hydrogens (primary N) is 1. The lowest BCUT2D eigenvalue weighted by molar-refractivity contribution is -0.141. The molecular weight excluding hydrogens is 352 g/mol. The fraction of sp³-hybridized carbons (Fsp3) is 0.364. The van der Waals surface area contributed by atoms with Gasteiger partial charge in [0.25, 0.3) is 0 Å². The van der Waals surface area contributed by atoms with Gasteiger partial charge in [0.15, 0.2) is 0 Å². The molecular formula is C11H15BrN2O5S. The molecule has 0 bridgehead atoms. The van der Waals surface area contributed by atoms with E-state index in [1.807, 2.05) is 0 Å². The number of nitrogen functional groups attached to an aromatic ring is 1. The van der Waals surface area contributed by atoms with Crippen molar-refractivity contribution in [3.63, 3.8) is 0 Å². The minimum atomic E-state index is -3.93. The molecule has 20 heavy (non-hydrogen) atoms. The number of carbonyl (C=O) groups is 1. The minimum absolute atomic E-state index is 0.113. The van der Waals surface area contributed by atoms with Gasteiger partial charge in [-0.15, -0.1) is 0 Å². The number of carbonyl (C=O) groups excluding carboxylic acids is 1. The van der Waals surface area contributed by atoms with Gasteiger partial charge in [0.05, 0.1) is 13.7 Å².